The maximum absolute atomic E-state index is 12.0. The normalized spacial score (nSPS) is 11.8. The molecule has 0 saturated carbocycles. The molecular formula is C10H7ClF3N3O. The molecule has 8 heteroatoms. The molecule has 0 aliphatic heterocycles. The Bertz CT molecular complexity index is 594. The van der Waals surface area contributed by atoms with Gasteiger partial charge in [0.2, 0.25) is 0 Å². The molecule has 0 saturated heterocycles. The monoisotopic (exact) mass is 277 g/mol. The van der Waals surface area contributed by atoms with Crippen LogP contribution in [0.1, 0.15) is 5.69 Å². The van der Waals surface area contributed by atoms with Gasteiger partial charge in [0.15, 0.2) is 0 Å². The van der Waals surface area contributed by atoms with E-state index in [1.807, 2.05) is 0 Å². The molecule has 2 rings (SSSR count). The van der Waals surface area contributed by atoms with Crippen molar-refractivity contribution in [3.63, 3.8) is 0 Å². The van der Waals surface area contributed by atoms with Gasteiger partial charge in [-0.2, -0.15) is 13.2 Å². The number of imidazole rings is 1. The summed E-state index contributed by atoms with van der Waals surface area (Å²) in [7, 11) is 0. The molecule has 0 bridgehead atoms. The number of nitrogens with one attached hydrogen (secondary N) is 1. The first-order valence-electron chi connectivity index (χ1n) is 4.85. The zero-order valence-electron chi connectivity index (χ0n) is 8.83. The fraction of sp³-hybridized carbons (Fsp3) is 0.200. The first-order valence-corrected chi connectivity index (χ1v) is 5.23. The summed E-state index contributed by atoms with van der Waals surface area (Å²) >= 11 is 5.86. The Balaban J connectivity index is 2.14. The number of aromatic nitrogens is 2. The summed E-state index contributed by atoms with van der Waals surface area (Å²) < 4.78 is 37.4. The molecule has 4 nitrogen and oxygen atoms in total. The van der Waals surface area contributed by atoms with Crippen LogP contribution in [0.3, 0.4) is 0 Å². The molecule has 2 aromatic rings. The van der Waals surface area contributed by atoms with Crippen LogP contribution >= 0.6 is 11.6 Å². The van der Waals surface area contributed by atoms with E-state index < -0.39 is 12.1 Å². The van der Waals surface area contributed by atoms with Crippen LogP contribution in [-0.4, -0.2) is 21.5 Å². The third kappa shape index (κ3) is 2.56. The minimum absolute atomic E-state index is 0.292. The summed E-state index contributed by atoms with van der Waals surface area (Å²) in [6.07, 6.45) is -3.43. The van der Waals surface area contributed by atoms with Crippen molar-refractivity contribution in [1.29, 1.82) is 0 Å². The SMILES string of the molecule is O=C(NCc1cn2c(Cl)cccc2n1)C(F)(F)F. The van der Waals surface area contributed by atoms with Gasteiger partial charge in [-0.05, 0) is 12.1 Å². The minimum Gasteiger partial charge on any atom is -0.343 e. The van der Waals surface area contributed by atoms with Crippen molar-refractivity contribution < 1.29 is 18.0 Å². The number of rotatable bonds is 2. The summed E-state index contributed by atoms with van der Waals surface area (Å²) in [5.74, 6) is -1.99. The lowest BCUT2D eigenvalue weighted by atomic mass is 10.4. The number of carbonyl (C=O) groups is 1. The van der Waals surface area contributed by atoms with Gasteiger partial charge in [0, 0.05) is 6.20 Å². The van der Waals surface area contributed by atoms with Crippen LogP contribution in [0.15, 0.2) is 24.4 Å². The second-order valence-electron chi connectivity index (χ2n) is 3.49. The molecule has 0 aliphatic carbocycles. The molecule has 1 amide bonds. The maximum atomic E-state index is 12.0. The van der Waals surface area contributed by atoms with E-state index in [4.69, 9.17) is 11.6 Å². The standard InChI is InChI=1S/C10H7ClF3N3O/c11-7-2-1-3-8-16-6(5-17(7)8)4-15-9(18)10(12,13)14/h1-3,5H,4H2,(H,15,18). The van der Waals surface area contributed by atoms with Crippen LogP contribution in [0.2, 0.25) is 5.15 Å². The van der Waals surface area contributed by atoms with Gasteiger partial charge in [-0.1, -0.05) is 17.7 Å². The van der Waals surface area contributed by atoms with Crippen molar-refractivity contribution in [2.45, 2.75) is 12.7 Å². The van der Waals surface area contributed by atoms with Crippen molar-refractivity contribution in [2.75, 3.05) is 0 Å². The predicted molar refractivity (Wildman–Crippen MR) is 58.1 cm³/mol. The number of nitrogens with zero attached hydrogens (tertiary/aromatic N) is 2. The van der Waals surface area contributed by atoms with Crippen molar-refractivity contribution >= 4 is 23.2 Å². The van der Waals surface area contributed by atoms with Crippen LogP contribution in [0, 0.1) is 0 Å². The van der Waals surface area contributed by atoms with Crippen molar-refractivity contribution in [3.05, 3.63) is 35.2 Å². The second-order valence-corrected chi connectivity index (χ2v) is 3.88. The van der Waals surface area contributed by atoms with Gasteiger partial charge in [-0.25, -0.2) is 4.98 Å². The number of carbonyl (C=O) groups excluding carboxylic acids is 1. The van der Waals surface area contributed by atoms with Gasteiger partial charge in [-0.15, -0.1) is 0 Å². The van der Waals surface area contributed by atoms with Crippen molar-refractivity contribution in [1.82, 2.24) is 14.7 Å². The molecular weight excluding hydrogens is 271 g/mol. The van der Waals surface area contributed by atoms with E-state index >= 15 is 0 Å². The molecule has 18 heavy (non-hydrogen) atoms. The van der Waals surface area contributed by atoms with Gasteiger partial charge >= 0.3 is 12.1 Å². The van der Waals surface area contributed by atoms with E-state index in [9.17, 15) is 18.0 Å². The number of hydrogen-bond donors (Lipinski definition) is 1. The Morgan fingerprint density at radius 2 is 2.17 bits per heavy atom. The summed E-state index contributed by atoms with van der Waals surface area (Å²) in [5, 5.41) is 2.12. The number of hydrogen-bond acceptors (Lipinski definition) is 2. The first-order chi connectivity index (χ1) is 8.38. The summed E-state index contributed by atoms with van der Waals surface area (Å²) in [5.41, 5.74) is 0.791. The van der Waals surface area contributed by atoms with E-state index in [-0.39, 0.29) is 6.54 Å². The third-order valence-corrected chi connectivity index (χ3v) is 2.49. The Morgan fingerprint density at radius 1 is 1.44 bits per heavy atom. The topological polar surface area (TPSA) is 46.4 Å². The minimum atomic E-state index is -4.89. The van der Waals surface area contributed by atoms with E-state index in [0.717, 1.165) is 0 Å². The quantitative estimate of drug-likeness (QED) is 0.855. The van der Waals surface area contributed by atoms with Crippen LogP contribution < -0.4 is 5.32 Å². The molecule has 0 radical (unpaired) electrons. The van der Waals surface area contributed by atoms with Crippen LogP contribution in [0.4, 0.5) is 13.2 Å². The molecule has 0 atom stereocenters. The van der Waals surface area contributed by atoms with Gasteiger partial charge < -0.3 is 5.32 Å². The largest absolute Gasteiger partial charge is 0.471 e. The highest BCUT2D eigenvalue weighted by molar-refractivity contribution is 6.29. The lowest BCUT2D eigenvalue weighted by molar-refractivity contribution is -0.173. The van der Waals surface area contributed by atoms with Crippen LogP contribution in [0.25, 0.3) is 5.65 Å². The lowest BCUT2D eigenvalue weighted by Gasteiger charge is -2.05. The zero-order chi connectivity index (χ0) is 13.3. The summed E-state index contributed by atoms with van der Waals surface area (Å²) in [6.45, 7) is -0.309. The predicted octanol–water partition coefficient (Wildman–Crippen LogP) is 2.17. The number of pyridine rings is 1. The maximum Gasteiger partial charge on any atom is 0.471 e. The zero-order valence-corrected chi connectivity index (χ0v) is 9.59. The molecule has 0 aromatic carbocycles. The number of halogens is 4. The molecule has 1 N–H and O–H groups in total. The van der Waals surface area contributed by atoms with Crippen LogP contribution in [0.5, 0.6) is 0 Å². The Morgan fingerprint density at radius 3 is 2.78 bits per heavy atom. The molecule has 2 heterocycles. The van der Waals surface area contributed by atoms with Gasteiger partial charge in [0.05, 0.1) is 12.2 Å². The van der Waals surface area contributed by atoms with Gasteiger partial charge in [0.1, 0.15) is 10.8 Å². The van der Waals surface area contributed by atoms with E-state index in [1.54, 1.807) is 23.5 Å². The molecule has 0 aliphatic rings. The number of fused-ring (bicyclic) bond motifs is 1. The fourth-order valence-corrected chi connectivity index (χ4v) is 1.59. The van der Waals surface area contributed by atoms with E-state index in [2.05, 4.69) is 4.98 Å². The first kappa shape index (κ1) is 12.7. The fourth-order valence-electron chi connectivity index (χ4n) is 1.38. The number of alkyl halides is 3. The molecule has 0 unspecified atom stereocenters. The van der Waals surface area contributed by atoms with Crippen molar-refractivity contribution in [2.24, 2.45) is 0 Å². The Hall–Kier alpha value is -1.76. The highest BCUT2D eigenvalue weighted by atomic mass is 35.5. The highest BCUT2D eigenvalue weighted by Gasteiger charge is 2.38. The summed E-state index contributed by atoms with van der Waals surface area (Å²) in [6, 6.07) is 4.94. The van der Waals surface area contributed by atoms with Gasteiger partial charge in [-0.3, -0.25) is 9.20 Å². The van der Waals surface area contributed by atoms with E-state index in [0.29, 0.717) is 16.5 Å². The average Bonchev–Trinajstić information content (AvgIpc) is 2.69. The Kier molecular flexibility index (Phi) is 3.16. The van der Waals surface area contributed by atoms with Crippen molar-refractivity contribution in [3.8, 4) is 0 Å². The number of amides is 1. The molecule has 0 spiro atoms. The van der Waals surface area contributed by atoms with E-state index in [1.165, 1.54) is 10.6 Å². The molecule has 2 aromatic heterocycles. The Labute approximate surface area is 104 Å². The smallest absolute Gasteiger partial charge is 0.343 e. The lowest BCUT2D eigenvalue weighted by Crippen LogP contribution is -2.36. The van der Waals surface area contributed by atoms with Gasteiger partial charge in [0.25, 0.3) is 0 Å². The molecule has 96 valence electrons. The third-order valence-electron chi connectivity index (χ3n) is 2.18. The average molecular weight is 278 g/mol. The highest BCUT2D eigenvalue weighted by Crippen LogP contribution is 2.16. The molecule has 0 fully saturated rings. The summed E-state index contributed by atoms with van der Waals surface area (Å²) in [4.78, 5) is 14.6. The van der Waals surface area contributed by atoms with Crippen LogP contribution in [-0.2, 0) is 11.3 Å². The second kappa shape index (κ2) is 4.49.